The number of aromatic nitrogens is 1. The number of carbonyl (C=O) groups excluding carboxylic acids is 2. The number of methoxy groups -OCH3 is 2. The van der Waals surface area contributed by atoms with Gasteiger partial charge in [0.1, 0.15) is 17.1 Å². The minimum absolute atomic E-state index is 0.00281. The Labute approximate surface area is 198 Å². The van der Waals surface area contributed by atoms with Gasteiger partial charge in [0.25, 0.3) is 11.5 Å². The van der Waals surface area contributed by atoms with Crippen LogP contribution in [0.4, 0.5) is 0 Å². The van der Waals surface area contributed by atoms with Gasteiger partial charge in [-0.15, -0.1) is 0 Å². The van der Waals surface area contributed by atoms with Crippen LogP contribution in [0.2, 0.25) is 0 Å². The van der Waals surface area contributed by atoms with Gasteiger partial charge < -0.3 is 24.3 Å². The van der Waals surface area contributed by atoms with Gasteiger partial charge >= 0.3 is 0 Å². The largest absolute Gasteiger partial charge is 0.497 e. The van der Waals surface area contributed by atoms with Gasteiger partial charge in [-0.1, -0.05) is 24.3 Å². The molecule has 9 nitrogen and oxygen atoms in total. The number of piperazine rings is 1. The average Bonchev–Trinajstić information content (AvgIpc) is 3.07. The topological polar surface area (TPSA) is 93.1 Å². The van der Waals surface area contributed by atoms with E-state index >= 15 is 0 Å². The molecule has 34 heavy (non-hydrogen) atoms. The van der Waals surface area contributed by atoms with Crippen molar-refractivity contribution in [2.45, 2.75) is 13.0 Å². The van der Waals surface area contributed by atoms with Crippen LogP contribution in [0.5, 0.6) is 11.5 Å². The molecule has 4 rings (SSSR count). The molecule has 180 valence electrons. The number of hydrogen-bond acceptors (Lipinski definition) is 6. The average molecular weight is 467 g/mol. The van der Waals surface area contributed by atoms with Crippen LogP contribution in [0.15, 0.2) is 41.2 Å². The van der Waals surface area contributed by atoms with Crippen LogP contribution in [0, 0.1) is 0 Å². The predicted octanol–water partition coefficient (Wildman–Crippen LogP) is 1.01. The van der Waals surface area contributed by atoms with Gasteiger partial charge in [0.2, 0.25) is 5.91 Å². The smallest absolute Gasteiger partial charge is 0.259 e. The second-order valence-electron chi connectivity index (χ2n) is 8.33. The third kappa shape index (κ3) is 5.14. The number of rotatable bonds is 6. The van der Waals surface area contributed by atoms with Crippen LogP contribution in [0.1, 0.15) is 21.6 Å². The third-order valence-corrected chi connectivity index (χ3v) is 6.24. The molecule has 0 bridgehead atoms. The third-order valence-electron chi connectivity index (χ3n) is 6.24. The Morgan fingerprint density at radius 2 is 1.85 bits per heavy atom. The van der Waals surface area contributed by atoms with E-state index in [1.807, 2.05) is 24.3 Å². The number of nitrogens with zero attached hydrogens (tertiary/aromatic N) is 3. The first kappa shape index (κ1) is 23.6. The molecule has 9 heteroatoms. The van der Waals surface area contributed by atoms with E-state index in [0.29, 0.717) is 50.4 Å². The Bertz CT molecular complexity index is 1140. The second kappa shape index (κ2) is 10.6. The highest BCUT2D eigenvalue weighted by Crippen LogP contribution is 2.25. The van der Waals surface area contributed by atoms with Gasteiger partial charge in [0, 0.05) is 57.4 Å². The van der Waals surface area contributed by atoms with Gasteiger partial charge in [-0.3, -0.25) is 19.3 Å². The van der Waals surface area contributed by atoms with Crippen LogP contribution < -0.4 is 20.3 Å². The first-order chi connectivity index (χ1) is 16.5. The monoisotopic (exact) mass is 466 g/mol. The number of carbonyl (C=O) groups is 2. The summed E-state index contributed by atoms with van der Waals surface area (Å²) in [4.78, 5) is 41.8. The number of fused-ring (bicyclic) bond motifs is 1. The lowest BCUT2D eigenvalue weighted by Crippen LogP contribution is -2.50. The van der Waals surface area contributed by atoms with Crippen molar-refractivity contribution in [1.29, 1.82) is 0 Å². The number of nitrogens with one attached hydrogen (secondary N) is 1. The van der Waals surface area contributed by atoms with Gasteiger partial charge in [-0.25, -0.2) is 0 Å². The molecule has 0 unspecified atom stereocenters. The molecule has 0 saturated carbocycles. The van der Waals surface area contributed by atoms with E-state index in [-0.39, 0.29) is 29.7 Å². The molecule has 2 amide bonds. The van der Waals surface area contributed by atoms with E-state index in [1.54, 1.807) is 11.7 Å². The molecule has 2 aromatic rings. The Hall–Kier alpha value is -3.59. The summed E-state index contributed by atoms with van der Waals surface area (Å²) < 4.78 is 12.3. The zero-order valence-electron chi connectivity index (χ0n) is 19.6. The molecule has 2 aliphatic heterocycles. The Morgan fingerprint density at radius 1 is 1.06 bits per heavy atom. The number of ether oxygens (including phenoxy) is 2. The molecule has 0 aliphatic carbocycles. The SMILES string of the molecule is COc1ccc(/C=C/CN2CCc3c(C(=O)N4CCNC(=O)C4)c(OC)cc(=O)n3CC2)cc1. The second-order valence-corrected chi connectivity index (χ2v) is 8.33. The molecule has 0 atom stereocenters. The van der Waals surface area contributed by atoms with Crippen LogP contribution in [0.25, 0.3) is 6.08 Å². The first-order valence-electron chi connectivity index (χ1n) is 11.4. The fraction of sp³-hybridized carbons (Fsp3) is 0.400. The quantitative estimate of drug-likeness (QED) is 0.683. The molecule has 2 aliphatic rings. The highest BCUT2D eigenvalue weighted by atomic mass is 16.5. The standard InChI is InChI=1S/C25H30N4O5/c1-33-19-7-5-18(6-8-19)4-3-11-27-12-9-20-24(25(32)28-13-10-26-22(30)17-28)21(34-2)16-23(31)29(20)15-14-27/h3-8,16H,9-15,17H2,1-2H3,(H,26,30)/b4-3+. The van der Waals surface area contributed by atoms with Crippen molar-refractivity contribution >= 4 is 17.9 Å². The van der Waals surface area contributed by atoms with E-state index < -0.39 is 0 Å². The van der Waals surface area contributed by atoms with Crippen LogP contribution >= 0.6 is 0 Å². The highest BCUT2D eigenvalue weighted by molar-refractivity contribution is 6.00. The lowest BCUT2D eigenvalue weighted by atomic mass is 10.1. The van der Waals surface area contributed by atoms with Crippen molar-refractivity contribution in [3.05, 3.63) is 63.6 Å². The molecule has 0 radical (unpaired) electrons. The maximum atomic E-state index is 13.4. The van der Waals surface area contributed by atoms with E-state index in [9.17, 15) is 14.4 Å². The molecular weight excluding hydrogens is 436 g/mol. The molecule has 1 saturated heterocycles. The normalized spacial score (nSPS) is 16.6. The Kier molecular flexibility index (Phi) is 7.32. The van der Waals surface area contributed by atoms with E-state index in [4.69, 9.17) is 9.47 Å². The van der Waals surface area contributed by atoms with E-state index in [2.05, 4.69) is 22.4 Å². The van der Waals surface area contributed by atoms with Crippen molar-refractivity contribution in [1.82, 2.24) is 19.7 Å². The lowest BCUT2D eigenvalue weighted by Gasteiger charge is -2.28. The summed E-state index contributed by atoms with van der Waals surface area (Å²) in [6.45, 7) is 3.43. The van der Waals surface area contributed by atoms with Gasteiger partial charge in [0.15, 0.2) is 0 Å². The first-order valence-corrected chi connectivity index (χ1v) is 11.4. The maximum absolute atomic E-state index is 13.4. The Balaban J connectivity index is 1.52. The summed E-state index contributed by atoms with van der Waals surface area (Å²) in [5, 5.41) is 2.73. The number of benzene rings is 1. The fourth-order valence-corrected chi connectivity index (χ4v) is 4.39. The summed E-state index contributed by atoms with van der Waals surface area (Å²) in [6.07, 6.45) is 4.69. The number of pyridine rings is 1. The molecular formula is C25H30N4O5. The highest BCUT2D eigenvalue weighted by Gasteiger charge is 2.30. The van der Waals surface area contributed by atoms with Crippen molar-refractivity contribution in [2.24, 2.45) is 0 Å². The van der Waals surface area contributed by atoms with Crippen LogP contribution in [-0.4, -0.2) is 79.7 Å². The maximum Gasteiger partial charge on any atom is 0.259 e. The molecule has 1 aromatic carbocycles. The molecule has 0 spiro atoms. The van der Waals surface area contributed by atoms with Gasteiger partial charge in [-0.2, -0.15) is 0 Å². The van der Waals surface area contributed by atoms with Crippen molar-refractivity contribution in [2.75, 3.05) is 53.5 Å². The van der Waals surface area contributed by atoms with Gasteiger partial charge in [0.05, 0.1) is 20.8 Å². The summed E-state index contributed by atoms with van der Waals surface area (Å²) in [6, 6.07) is 9.22. The fourth-order valence-electron chi connectivity index (χ4n) is 4.39. The summed E-state index contributed by atoms with van der Waals surface area (Å²) >= 11 is 0. The van der Waals surface area contributed by atoms with Crippen molar-refractivity contribution < 1.29 is 19.1 Å². The summed E-state index contributed by atoms with van der Waals surface area (Å²) in [5.74, 6) is 0.620. The van der Waals surface area contributed by atoms with Crippen molar-refractivity contribution in [3.8, 4) is 11.5 Å². The lowest BCUT2D eigenvalue weighted by molar-refractivity contribution is -0.123. The van der Waals surface area contributed by atoms with Gasteiger partial charge in [-0.05, 0) is 17.7 Å². The predicted molar refractivity (Wildman–Crippen MR) is 128 cm³/mol. The van der Waals surface area contributed by atoms with E-state index in [1.165, 1.54) is 18.1 Å². The van der Waals surface area contributed by atoms with Crippen LogP contribution in [0.3, 0.4) is 0 Å². The van der Waals surface area contributed by atoms with Crippen molar-refractivity contribution in [3.63, 3.8) is 0 Å². The number of amides is 2. The summed E-state index contributed by atoms with van der Waals surface area (Å²) in [7, 11) is 3.10. The Morgan fingerprint density at radius 3 is 2.56 bits per heavy atom. The molecule has 1 N–H and O–H groups in total. The van der Waals surface area contributed by atoms with E-state index in [0.717, 1.165) is 17.9 Å². The summed E-state index contributed by atoms with van der Waals surface area (Å²) in [5.41, 5.74) is 1.95. The zero-order valence-corrected chi connectivity index (χ0v) is 19.6. The number of hydrogen-bond donors (Lipinski definition) is 1. The molecule has 1 aromatic heterocycles. The zero-order chi connectivity index (χ0) is 24.1. The minimum Gasteiger partial charge on any atom is -0.497 e. The minimum atomic E-state index is -0.275. The molecule has 3 heterocycles. The van der Waals surface area contributed by atoms with Crippen LogP contribution in [-0.2, 0) is 17.8 Å². The molecule has 1 fully saturated rings.